The van der Waals surface area contributed by atoms with Crippen LogP contribution in [0.15, 0.2) is 207 Å². The van der Waals surface area contributed by atoms with E-state index in [1.165, 1.54) is 0 Å². The lowest BCUT2D eigenvalue weighted by atomic mass is 10.1. The molecule has 0 aliphatic rings. The molecule has 13 rings (SSSR count). The van der Waals surface area contributed by atoms with Crippen molar-refractivity contribution in [3.8, 4) is 51.2 Å². The minimum Gasteiger partial charge on any atom is -0.307 e. The zero-order valence-corrected chi connectivity index (χ0v) is 33.7. The summed E-state index contributed by atoms with van der Waals surface area (Å²) in [5.41, 5.74) is 13.3. The minimum atomic E-state index is 0.559. The first-order chi connectivity index (χ1) is 31.3. The van der Waals surface area contributed by atoms with E-state index >= 15 is 0 Å². The van der Waals surface area contributed by atoms with Gasteiger partial charge in [0.15, 0.2) is 17.5 Å². The van der Waals surface area contributed by atoms with Gasteiger partial charge >= 0.3 is 0 Å². The van der Waals surface area contributed by atoms with Crippen molar-refractivity contribution in [3.63, 3.8) is 0 Å². The van der Waals surface area contributed by atoms with E-state index in [9.17, 15) is 0 Å². The second-order valence-electron chi connectivity index (χ2n) is 15.7. The average Bonchev–Trinajstić information content (AvgIpc) is 4.00. The van der Waals surface area contributed by atoms with E-state index in [0.29, 0.717) is 17.5 Å². The summed E-state index contributed by atoms with van der Waals surface area (Å²) >= 11 is 0. The van der Waals surface area contributed by atoms with Crippen LogP contribution in [0.5, 0.6) is 0 Å². The van der Waals surface area contributed by atoms with Crippen LogP contribution >= 0.6 is 0 Å². The summed E-state index contributed by atoms with van der Waals surface area (Å²) in [7, 11) is 0. The maximum atomic E-state index is 5.32. The number of fused-ring (bicyclic) bond motifs is 9. The van der Waals surface area contributed by atoms with Crippen LogP contribution in [0, 0.1) is 0 Å². The van der Waals surface area contributed by atoms with Gasteiger partial charge in [0.05, 0.1) is 50.2 Å². The van der Waals surface area contributed by atoms with Gasteiger partial charge in [-0.15, -0.1) is 0 Å². The summed E-state index contributed by atoms with van der Waals surface area (Å²) in [5.74, 6) is 1.75. The van der Waals surface area contributed by atoms with Crippen molar-refractivity contribution in [2.24, 2.45) is 0 Å². The quantitative estimate of drug-likeness (QED) is 0.167. The Balaban J connectivity index is 1.26. The molecule has 0 saturated heterocycles. The normalized spacial score (nSPS) is 11.8. The van der Waals surface area contributed by atoms with Crippen LogP contribution < -0.4 is 0 Å². The monoisotopic (exact) mass is 806 g/mol. The molecule has 13 aromatic rings. The van der Waals surface area contributed by atoms with Crippen molar-refractivity contribution >= 4 is 65.7 Å². The maximum Gasteiger partial charge on any atom is 0.164 e. The Kier molecular flexibility index (Phi) is 7.74. The summed E-state index contributed by atoms with van der Waals surface area (Å²) in [5, 5.41) is 4.63. The van der Waals surface area contributed by atoms with E-state index < -0.39 is 0 Å². The van der Waals surface area contributed by atoms with Gasteiger partial charge in [0.2, 0.25) is 0 Å². The molecule has 63 heavy (non-hydrogen) atoms. The number of pyridine rings is 2. The molecular weight excluding hydrogens is 773 g/mol. The van der Waals surface area contributed by atoms with Crippen LogP contribution in [-0.2, 0) is 0 Å². The first kappa shape index (κ1) is 35.0. The molecule has 7 aromatic carbocycles. The summed E-state index contributed by atoms with van der Waals surface area (Å²) in [6.07, 6.45) is 3.70. The van der Waals surface area contributed by atoms with Gasteiger partial charge in [0.25, 0.3) is 0 Å². The fourth-order valence-electron chi connectivity index (χ4n) is 9.50. The second kappa shape index (κ2) is 13.9. The molecule has 0 N–H and O–H groups in total. The van der Waals surface area contributed by atoms with Crippen molar-refractivity contribution in [2.45, 2.75) is 0 Å². The van der Waals surface area contributed by atoms with Gasteiger partial charge in [-0.05, 0) is 60.7 Å². The molecule has 6 heterocycles. The zero-order chi connectivity index (χ0) is 41.4. The molecule has 6 aromatic heterocycles. The van der Waals surface area contributed by atoms with Crippen molar-refractivity contribution in [2.75, 3.05) is 0 Å². The highest BCUT2D eigenvalue weighted by atomic mass is 15.1. The SMILES string of the molecule is c1ccc(-c2nc(-c3ccccc3)nc(-c3cc(-n4c5ccccc5c5ccccc54)c(-n4c5cccnc5c5ncccc54)c(-n4c5ccccc5c5ccccc54)c3)n2)cc1. The minimum absolute atomic E-state index is 0.559. The molecule has 0 spiro atoms. The number of rotatable bonds is 6. The molecule has 0 amide bonds. The lowest BCUT2D eigenvalue weighted by molar-refractivity contribution is 1.04. The highest BCUT2D eigenvalue weighted by Crippen LogP contribution is 2.44. The fraction of sp³-hybridized carbons (Fsp3) is 0. The third kappa shape index (κ3) is 5.38. The van der Waals surface area contributed by atoms with Crippen LogP contribution in [0.25, 0.3) is 117 Å². The molecule has 0 aliphatic heterocycles. The molecule has 0 fully saturated rings. The number of nitrogens with zero attached hydrogens (tertiary/aromatic N) is 8. The van der Waals surface area contributed by atoms with Gasteiger partial charge in [-0.3, -0.25) is 9.97 Å². The third-order valence-corrected chi connectivity index (χ3v) is 12.2. The Hall–Kier alpha value is -8.75. The molecule has 8 nitrogen and oxygen atoms in total. The van der Waals surface area contributed by atoms with E-state index in [2.05, 4.69) is 135 Å². The van der Waals surface area contributed by atoms with Crippen LogP contribution in [0.2, 0.25) is 0 Å². The number of benzene rings is 7. The maximum absolute atomic E-state index is 5.32. The number of para-hydroxylation sites is 4. The van der Waals surface area contributed by atoms with Crippen LogP contribution in [0.1, 0.15) is 0 Å². The number of hydrogen-bond acceptors (Lipinski definition) is 5. The highest BCUT2D eigenvalue weighted by molar-refractivity contribution is 6.12. The van der Waals surface area contributed by atoms with E-state index in [4.69, 9.17) is 24.9 Å². The molecule has 0 saturated carbocycles. The van der Waals surface area contributed by atoms with Crippen LogP contribution in [-0.4, -0.2) is 38.6 Å². The summed E-state index contributed by atoms with van der Waals surface area (Å²) in [6.45, 7) is 0. The molecule has 8 heteroatoms. The van der Waals surface area contributed by atoms with Gasteiger partial charge in [-0.2, -0.15) is 0 Å². The molecule has 0 radical (unpaired) electrons. The smallest absolute Gasteiger partial charge is 0.164 e. The molecule has 294 valence electrons. The largest absolute Gasteiger partial charge is 0.307 e. The van der Waals surface area contributed by atoms with Gasteiger partial charge in [-0.25, -0.2) is 15.0 Å². The molecule has 0 atom stereocenters. The molecule has 0 unspecified atom stereocenters. The van der Waals surface area contributed by atoms with E-state index in [1.54, 1.807) is 0 Å². The number of aromatic nitrogens is 8. The molecular formula is C55H34N8. The average molecular weight is 807 g/mol. The van der Waals surface area contributed by atoms with E-state index in [1.807, 2.05) is 85.2 Å². The first-order valence-corrected chi connectivity index (χ1v) is 21.0. The lowest BCUT2D eigenvalue weighted by Crippen LogP contribution is -2.10. The van der Waals surface area contributed by atoms with Gasteiger partial charge in [0, 0.05) is 50.6 Å². The third-order valence-electron chi connectivity index (χ3n) is 12.2. The topological polar surface area (TPSA) is 79.2 Å². The Labute approximate surface area is 360 Å². The Bertz CT molecular complexity index is 3570. The summed E-state index contributed by atoms with van der Waals surface area (Å²) < 4.78 is 7.16. The van der Waals surface area contributed by atoms with Gasteiger partial charge < -0.3 is 13.7 Å². The highest BCUT2D eigenvalue weighted by Gasteiger charge is 2.27. The Morgan fingerprint density at radius 1 is 0.286 bits per heavy atom. The zero-order valence-electron chi connectivity index (χ0n) is 33.7. The van der Waals surface area contributed by atoms with Crippen molar-refractivity contribution in [1.82, 2.24) is 38.6 Å². The predicted octanol–water partition coefficient (Wildman–Crippen LogP) is 13.0. The Morgan fingerprint density at radius 3 is 1.02 bits per heavy atom. The Morgan fingerprint density at radius 2 is 0.619 bits per heavy atom. The van der Waals surface area contributed by atoms with Crippen LogP contribution in [0.3, 0.4) is 0 Å². The molecule has 0 bridgehead atoms. The van der Waals surface area contributed by atoms with E-state index in [0.717, 1.165) is 99.4 Å². The van der Waals surface area contributed by atoms with Gasteiger partial charge in [-0.1, -0.05) is 133 Å². The molecule has 0 aliphatic carbocycles. The van der Waals surface area contributed by atoms with Gasteiger partial charge in [0.1, 0.15) is 11.0 Å². The van der Waals surface area contributed by atoms with Crippen molar-refractivity contribution < 1.29 is 0 Å². The fourth-order valence-corrected chi connectivity index (χ4v) is 9.50. The van der Waals surface area contributed by atoms with E-state index in [-0.39, 0.29) is 0 Å². The van der Waals surface area contributed by atoms with Crippen molar-refractivity contribution in [1.29, 1.82) is 0 Å². The van der Waals surface area contributed by atoms with Crippen LogP contribution in [0.4, 0.5) is 0 Å². The predicted molar refractivity (Wildman–Crippen MR) is 255 cm³/mol. The summed E-state index contributed by atoms with van der Waals surface area (Å²) in [6, 6.07) is 67.8. The first-order valence-electron chi connectivity index (χ1n) is 21.0. The lowest BCUT2D eigenvalue weighted by Gasteiger charge is -2.23. The second-order valence-corrected chi connectivity index (χ2v) is 15.7. The van der Waals surface area contributed by atoms with Crippen molar-refractivity contribution in [3.05, 3.63) is 207 Å². The number of hydrogen-bond donors (Lipinski definition) is 0. The summed E-state index contributed by atoms with van der Waals surface area (Å²) in [4.78, 5) is 25.6. The standard InChI is InChI=1S/C55H34N8/c1-3-17-35(18-4-1)53-58-54(36-19-5-2-6-20-36)60-55(59-53)37-33-48(61-42-25-11-7-21-38(42)39-22-8-12-26-43(39)61)52(63-46-29-15-31-56-50(46)51-47(63)30-16-32-57-51)49(34-37)62-44-27-13-9-23-40(44)41-24-10-14-28-45(41)62/h1-34H.